The summed E-state index contributed by atoms with van der Waals surface area (Å²) < 4.78 is -1.40. The Balaban J connectivity index is 2.91. The first kappa shape index (κ1) is 9.31. The Morgan fingerprint density at radius 2 is 2.25 bits per heavy atom. The molecule has 0 saturated heterocycles. The van der Waals surface area contributed by atoms with Crippen LogP contribution in [0.1, 0.15) is 0 Å². The fraction of sp³-hybridized carbons (Fsp3) is 0.200. The lowest BCUT2D eigenvalue weighted by atomic mass is 10.3. The average Bonchev–Trinajstić information content (AvgIpc) is 1.94. The number of hydrogen-bond acceptors (Lipinski definition) is 4. The molecule has 2 N–H and O–H groups in total. The molecule has 0 spiro atoms. The van der Waals surface area contributed by atoms with Crippen LogP contribution in [-0.2, 0) is 0 Å². The summed E-state index contributed by atoms with van der Waals surface area (Å²) in [7, 11) is 0. The van der Waals surface area contributed by atoms with Gasteiger partial charge in [-0.25, -0.2) is 5.84 Å². The summed E-state index contributed by atoms with van der Waals surface area (Å²) in [5.41, 5.74) is -0.158. The van der Waals surface area contributed by atoms with Crippen LogP contribution in [0.3, 0.4) is 0 Å². The molecular weight excluding hydrogens is 205 g/mol. The van der Waals surface area contributed by atoms with Crippen molar-refractivity contribution in [3.05, 3.63) is 34.2 Å². The van der Waals surface area contributed by atoms with Crippen molar-refractivity contribution in [3.63, 3.8) is 0 Å². The van der Waals surface area contributed by atoms with Crippen molar-refractivity contribution in [2.24, 2.45) is 5.84 Å². The highest BCUT2D eigenvalue weighted by Gasteiger charge is 2.30. The number of nitro groups is 1. The summed E-state index contributed by atoms with van der Waals surface area (Å²) in [5.74, 6) is 5.28. The quantitative estimate of drug-likeness (QED) is 0.230. The largest absolute Gasteiger partial charge is 0.286 e. The van der Waals surface area contributed by atoms with Crippen LogP contribution in [0.2, 0.25) is 0 Å². The zero-order chi connectivity index (χ0) is 9.35. The maximum absolute atomic E-state index is 10.2. The second-order valence-electron chi connectivity index (χ2n) is 2.14. The van der Waals surface area contributed by atoms with Crippen LogP contribution in [0.4, 0.5) is 0 Å². The van der Waals surface area contributed by atoms with E-state index >= 15 is 0 Å². The highest BCUT2D eigenvalue weighted by molar-refractivity contribution is 6.49. The summed E-state index contributed by atoms with van der Waals surface area (Å²) in [6, 6.07) is 0. The number of nitrogens with zero attached hydrogens (tertiary/aromatic N) is 2. The lowest BCUT2D eigenvalue weighted by Gasteiger charge is -2.27. The lowest BCUT2D eigenvalue weighted by Crippen LogP contribution is -2.41. The standard InChI is InChI=1S/C5H5Cl2N3O2/c6-5(7)2-1-4(10(11)12)3-9(5)8/h1-3H,8H2. The maximum Gasteiger partial charge on any atom is 0.286 e. The summed E-state index contributed by atoms with van der Waals surface area (Å²) in [5, 5.41) is 11.1. The molecule has 0 saturated carbocycles. The number of allylic oxidation sites excluding steroid dienone is 1. The van der Waals surface area contributed by atoms with Gasteiger partial charge in [0.25, 0.3) is 5.70 Å². The van der Waals surface area contributed by atoms with Crippen molar-refractivity contribution in [1.29, 1.82) is 0 Å². The van der Waals surface area contributed by atoms with Crippen molar-refractivity contribution in [3.8, 4) is 0 Å². The zero-order valence-electron chi connectivity index (χ0n) is 5.78. The minimum absolute atomic E-state index is 0.158. The average molecular weight is 210 g/mol. The Hall–Kier alpha value is -0.780. The molecule has 1 rings (SSSR count). The van der Waals surface area contributed by atoms with Gasteiger partial charge in [0.2, 0.25) is 4.46 Å². The SMILES string of the molecule is NN1C=C([N+](=O)[O-])C=CC1(Cl)Cl. The van der Waals surface area contributed by atoms with E-state index in [1.165, 1.54) is 12.2 Å². The van der Waals surface area contributed by atoms with Gasteiger partial charge in [-0.3, -0.25) is 15.1 Å². The van der Waals surface area contributed by atoms with Crippen molar-refractivity contribution in [2.45, 2.75) is 4.46 Å². The number of hydrogen-bond donors (Lipinski definition) is 1. The Kier molecular flexibility index (Phi) is 2.27. The summed E-state index contributed by atoms with van der Waals surface area (Å²) in [6.45, 7) is 0. The van der Waals surface area contributed by atoms with Crippen molar-refractivity contribution in [2.75, 3.05) is 0 Å². The molecule has 0 aliphatic carbocycles. The Labute approximate surface area is 78.1 Å². The predicted molar refractivity (Wildman–Crippen MR) is 44.7 cm³/mol. The van der Waals surface area contributed by atoms with Gasteiger partial charge in [0.15, 0.2) is 0 Å². The topological polar surface area (TPSA) is 72.4 Å². The second-order valence-corrected chi connectivity index (χ2v) is 3.49. The molecule has 0 amide bonds. The van der Waals surface area contributed by atoms with Gasteiger partial charge in [0, 0.05) is 6.08 Å². The molecule has 0 unspecified atom stereocenters. The van der Waals surface area contributed by atoms with E-state index in [9.17, 15) is 10.1 Å². The molecule has 5 nitrogen and oxygen atoms in total. The van der Waals surface area contributed by atoms with Gasteiger partial charge in [0.05, 0.1) is 11.1 Å². The van der Waals surface area contributed by atoms with Gasteiger partial charge >= 0.3 is 0 Å². The molecule has 0 fully saturated rings. The highest BCUT2D eigenvalue weighted by Crippen LogP contribution is 2.29. The third-order valence-corrected chi connectivity index (χ3v) is 1.92. The van der Waals surface area contributed by atoms with Gasteiger partial charge in [-0.05, 0) is 6.08 Å². The van der Waals surface area contributed by atoms with E-state index < -0.39 is 9.38 Å². The van der Waals surface area contributed by atoms with E-state index in [1.807, 2.05) is 0 Å². The summed E-state index contributed by atoms with van der Waals surface area (Å²) in [6.07, 6.45) is 3.48. The van der Waals surface area contributed by atoms with Crippen LogP contribution in [0.15, 0.2) is 24.0 Å². The van der Waals surface area contributed by atoms with Crippen molar-refractivity contribution >= 4 is 23.2 Å². The minimum Gasteiger partial charge on any atom is -0.273 e. The summed E-state index contributed by atoms with van der Waals surface area (Å²) in [4.78, 5) is 9.64. The monoisotopic (exact) mass is 209 g/mol. The van der Waals surface area contributed by atoms with Crippen molar-refractivity contribution in [1.82, 2.24) is 5.01 Å². The minimum atomic E-state index is -1.40. The molecule has 0 aromatic carbocycles. The first-order chi connectivity index (χ1) is 5.43. The number of rotatable bonds is 1. The molecule has 66 valence electrons. The normalized spacial score (nSPS) is 20.6. The molecule has 1 heterocycles. The van der Waals surface area contributed by atoms with Crippen LogP contribution in [0.5, 0.6) is 0 Å². The van der Waals surface area contributed by atoms with E-state index in [0.29, 0.717) is 0 Å². The van der Waals surface area contributed by atoms with Crippen molar-refractivity contribution < 1.29 is 4.92 Å². The van der Waals surface area contributed by atoms with Gasteiger partial charge in [-0.1, -0.05) is 23.2 Å². The lowest BCUT2D eigenvalue weighted by molar-refractivity contribution is -0.420. The Bertz CT molecular complexity index is 274. The molecule has 0 radical (unpaired) electrons. The van der Waals surface area contributed by atoms with Crippen LogP contribution in [0, 0.1) is 10.1 Å². The first-order valence-corrected chi connectivity index (χ1v) is 3.66. The van der Waals surface area contributed by atoms with E-state index in [-0.39, 0.29) is 5.70 Å². The molecule has 0 atom stereocenters. The maximum atomic E-state index is 10.2. The van der Waals surface area contributed by atoms with Crippen LogP contribution < -0.4 is 5.84 Å². The second kappa shape index (κ2) is 2.93. The van der Waals surface area contributed by atoms with Gasteiger partial charge in [-0.2, -0.15) is 0 Å². The number of nitrogens with two attached hydrogens (primary N) is 1. The Morgan fingerprint density at radius 3 is 2.67 bits per heavy atom. The molecule has 0 bridgehead atoms. The predicted octanol–water partition coefficient (Wildman–Crippen LogP) is 0.981. The van der Waals surface area contributed by atoms with Crippen LogP contribution in [0.25, 0.3) is 0 Å². The number of hydrazine groups is 1. The smallest absolute Gasteiger partial charge is 0.273 e. The fourth-order valence-electron chi connectivity index (χ4n) is 0.651. The molecule has 1 aliphatic heterocycles. The highest BCUT2D eigenvalue weighted by atomic mass is 35.5. The zero-order valence-corrected chi connectivity index (χ0v) is 7.29. The van der Waals surface area contributed by atoms with E-state index in [1.54, 1.807) is 0 Å². The van der Waals surface area contributed by atoms with Crippen LogP contribution >= 0.6 is 23.2 Å². The molecule has 0 aromatic rings. The molecule has 1 aliphatic rings. The molecule has 7 heteroatoms. The molecule has 0 aromatic heterocycles. The van der Waals surface area contributed by atoms with Gasteiger partial charge in [-0.15, -0.1) is 0 Å². The van der Waals surface area contributed by atoms with E-state index in [4.69, 9.17) is 29.0 Å². The van der Waals surface area contributed by atoms with E-state index in [0.717, 1.165) is 11.2 Å². The third-order valence-electron chi connectivity index (χ3n) is 1.28. The Morgan fingerprint density at radius 1 is 1.67 bits per heavy atom. The molecule has 12 heavy (non-hydrogen) atoms. The van der Waals surface area contributed by atoms with E-state index in [2.05, 4.69) is 0 Å². The summed E-state index contributed by atoms with van der Waals surface area (Å²) >= 11 is 11.2. The van der Waals surface area contributed by atoms with Crippen LogP contribution in [-0.4, -0.2) is 14.4 Å². The van der Waals surface area contributed by atoms with Gasteiger partial charge < -0.3 is 0 Å². The van der Waals surface area contributed by atoms with Gasteiger partial charge in [0.1, 0.15) is 0 Å². The first-order valence-electron chi connectivity index (χ1n) is 2.91. The molecular formula is C5H5Cl2N3O2. The number of halogens is 2. The fourth-order valence-corrected chi connectivity index (χ4v) is 0.875. The third kappa shape index (κ3) is 1.69. The number of alkyl halides is 2.